The van der Waals surface area contributed by atoms with Gasteiger partial charge in [0.25, 0.3) is 0 Å². The lowest BCUT2D eigenvalue weighted by Gasteiger charge is -2.08. The van der Waals surface area contributed by atoms with Gasteiger partial charge >= 0.3 is 0 Å². The van der Waals surface area contributed by atoms with Crippen molar-refractivity contribution in [2.24, 2.45) is 5.73 Å². The highest BCUT2D eigenvalue weighted by atomic mass is 35.5. The first kappa shape index (κ1) is 12.2. The van der Waals surface area contributed by atoms with E-state index in [-0.39, 0.29) is 0 Å². The van der Waals surface area contributed by atoms with Crippen LogP contribution in [0.15, 0.2) is 48.5 Å². The molecular formula is C15H14ClN3. The maximum absolute atomic E-state index is 5.91. The van der Waals surface area contributed by atoms with E-state index in [1.54, 1.807) is 0 Å². The Balaban J connectivity index is 2.06. The molecule has 0 aliphatic heterocycles. The van der Waals surface area contributed by atoms with E-state index in [9.17, 15) is 0 Å². The molecule has 1 aromatic heterocycles. The monoisotopic (exact) mass is 271 g/mol. The van der Waals surface area contributed by atoms with Crippen molar-refractivity contribution in [3.05, 3.63) is 64.9 Å². The van der Waals surface area contributed by atoms with Crippen LogP contribution in [0.5, 0.6) is 0 Å². The van der Waals surface area contributed by atoms with Crippen molar-refractivity contribution in [2.45, 2.75) is 13.1 Å². The van der Waals surface area contributed by atoms with E-state index in [2.05, 4.69) is 15.6 Å². The number of imidazole rings is 1. The van der Waals surface area contributed by atoms with E-state index in [0.29, 0.717) is 6.54 Å². The Morgan fingerprint density at radius 2 is 1.79 bits per heavy atom. The number of para-hydroxylation sites is 2. The van der Waals surface area contributed by atoms with Crippen LogP contribution < -0.4 is 5.73 Å². The molecular weight excluding hydrogens is 258 g/mol. The van der Waals surface area contributed by atoms with E-state index in [1.165, 1.54) is 5.56 Å². The lowest BCUT2D eigenvalue weighted by Crippen LogP contribution is -2.09. The summed E-state index contributed by atoms with van der Waals surface area (Å²) in [5.41, 5.74) is 9.06. The number of nitrogens with two attached hydrogens (primary N) is 1. The van der Waals surface area contributed by atoms with Crippen molar-refractivity contribution in [1.29, 1.82) is 0 Å². The quantitative estimate of drug-likeness (QED) is 0.795. The lowest BCUT2D eigenvalue weighted by atomic mass is 10.2. The molecule has 0 saturated heterocycles. The molecule has 0 fully saturated rings. The second kappa shape index (κ2) is 5.03. The summed E-state index contributed by atoms with van der Waals surface area (Å²) in [7, 11) is 0. The third-order valence-corrected chi connectivity index (χ3v) is 3.42. The maximum Gasteiger partial charge on any atom is 0.123 e. The Bertz CT molecular complexity index is 701. The van der Waals surface area contributed by atoms with Gasteiger partial charge in [0, 0.05) is 11.6 Å². The molecule has 0 bridgehead atoms. The molecule has 2 aromatic carbocycles. The molecule has 0 atom stereocenters. The van der Waals surface area contributed by atoms with Gasteiger partial charge in [-0.05, 0) is 29.8 Å². The second-order valence-corrected chi connectivity index (χ2v) is 4.87. The summed E-state index contributed by atoms with van der Waals surface area (Å²) < 4.78 is 2.15. The van der Waals surface area contributed by atoms with Gasteiger partial charge in [0.2, 0.25) is 0 Å². The maximum atomic E-state index is 5.91. The number of hydrogen-bond donors (Lipinski definition) is 1. The Morgan fingerprint density at radius 3 is 2.53 bits per heavy atom. The molecule has 0 radical (unpaired) electrons. The third kappa shape index (κ3) is 2.35. The summed E-state index contributed by atoms with van der Waals surface area (Å²) >= 11 is 5.91. The van der Waals surface area contributed by atoms with Crippen molar-refractivity contribution < 1.29 is 0 Å². The number of nitrogens with zero attached hydrogens (tertiary/aromatic N) is 2. The third-order valence-electron chi connectivity index (χ3n) is 3.17. The van der Waals surface area contributed by atoms with Crippen LogP contribution in [-0.2, 0) is 13.1 Å². The van der Waals surface area contributed by atoms with Gasteiger partial charge in [-0.15, -0.1) is 0 Å². The Hall–Kier alpha value is -1.84. The molecule has 19 heavy (non-hydrogen) atoms. The van der Waals surface area contributed by atoms with Crippen LogP contribution >= 0.6 is 11.6 Å². The molecule has 2 N–H and O–H groups in total. The van der Waals surface area contributed by atoms with Crippen LogP contribution in [0.25, 0.3) is 11.0 Å². The fraction of sp³-hybridized carbons (Fsp3) is 0.133. The predicted molar refractivity (Wildman–Crippen MR) is 78.2 cm³/mol. The molecule has 0 spiro atoms. The largest absolute Gasteiger partial charge is 0.324 e. The van der Waals surface area contributed by atoms with Crippen molar-refractivity contribution >= 4 is 22.6 Å². The molecule has 3 nitrogen and oxygen atoms in total. The number of aromatic nitrogens is 2. The highest BCUT2D eigenvalue weighted by Crippen LogP contribution is 2.18. The summed E-state index contributed by atoms with van der Waals surface area (Å²) in [6.45, 7) is 1.19. The first-order valence-electron chi connectivity index (χ1n) is 6.16. The van der Waals surface area contributed by atoms with Gasteiger partial charge in [-0.25, -0.2) is 4.98 Å². The highest BCUT2D eigenvalue weighted by Gasteiger charge is 2.09. The SMILES string of the molecule is NCc1nc2ccccc2n1Cc1ccc(Cl)cc1. The van der Waals surface area contributed by atoms with Crippen LogP contribution in [0.1, 0.15) is 11.4 Å². The molecule has 4 heteroatoms. The predicted octanol–water partition coefficient (Wildman–Crippen LogP) is 3.20. The first-order chi connectivity index (χ1) is 9.28. The van der Waals surface area contributed by atoms with Gasteiger partial charge in [0.15, 0.2) is 0 Å². The molecule has 0 aliphatic rings. The highest BCUT2D eigenvalue weighted by molar-refractivity contribution is 6.30. The zero-order valence-electron chi connectivity index (χ0n) is 10.4. The molecule has 96 valence electrons. The number of benzene rings is 2. The zero-order valence-corrected chi connectivity index (χ0v) is 11.1. The standard InChI is InChI=1S/C15H14ClN3/c16-12-7-5-11(6-8-12)10-19-14-4-2-1-3-13(14)18-15(19)9-17/h1-8H,9-10,17H2. The molecule has 1 heterocycles. The van der Waals surface area contributed by atoms with Gasteiger partial charge in [0.1, 0.15) is 5.82 Å². The van der Waals surface area contributed by atoms with Gasteiger partial charge < -0.3 is 10.3 Å². The van der Waals surface area contributed by atoms with Crippen molar-refractivity contribution in [2.75, 3.05) is 0 Å². The normalized spacial score (nSPS) is 11.1. The molecule has 0 saturated carbocycles. The van der Waals surface area contributed by atoms with Gasteiger partial charge in [-0.3, -0.25) is 0 Å². The summed E-state index contributed by atoms with van der Waals surface area (Å²) in [6.07, 6.45) is 0. The van der Waals surface area contributed by atoms with E-state index < -0.39 is 0 Å². The van der Waals surface area contributed by atoms with Crippen molar-refractivity contribution in [3.8, 4) is 0 Å². The van der Waals surface area contributed by atoms with E-state index in [0.717, 1.165) is 28.4 Å². The Kier molecular flexibility index (Phi) is 3.23. The van der Waals surface area contributed by atoms with Gasteiger partial charge in [-0.1, -0.05) is 35.9 Å². The van der Waals surface area contributed by atoms with Crippen molar-refractivity contribution in [1.82, 2.24) is 9.55 Å². The summed E-state index contributed by atoms with van der Waals surface area (Å²) in [5, 5.41) is 0.748. The minimum absolute atomic E-state index is 0.433. The lowest BCUT2D eigenvalue weighted by molar-refractivity contribution is 0.744. The van der Waals surface area contributed by atoms with E-state index >= 15 is 0 Å². The van der Waals surface area contributed by atoms with E-state index in [4.69, 9.17) is 17.3 Å². The molecule has 0 aliphatic carbocycles. The Labute approximate surface area is 116 Å². The molecule has 3 rings (SSSR count). The smallest absolute Gasteiger partial charge is 0.123 e. The van der Waals surface area contributed by atoms with Crippen LogP contribution in [0.2, 0.25) is 5.02 Å². The number of rotatable bonds is 3. The summed E-state index contributed by atoms with van der Waals surface area (Å²) in [5.74, 6) is 0.899. The topological polar surface area (TPSA) is 43.8 Å². The minimum Gasteiger partial charge on any atom is -0.324 e. The molecule has 0 unspecified atom stereocenters. The number of fused-ring (bicyclic) bond motifs is 1. The zero-order chi connectivity index (χ0) is 13.2. The van der Waals surface area contributed by atoms with Gasteiger partial charge in [0.05, 0.1) is 17.6 Å². The fourth-order valence-electron chi connectivity index (χ4n) is 2.23. The number of halogens is 1. The minimum atomic E-state index is 0.433. The van der Waals surface area contributed by atoms with E-state index in [1.807, 2.05) is 42.5 Å². The summed E-state index contributed by atoms with van der Waals surface area (Å²) in [6, 6.07) is 15.9. The van der Waals surface area contributed by atoms with Gasteiger partial charge in [-0.2, -0.15) is 0 Å². The average Bonchev–Trinajstić information content (AvgIpc) is 2.79. The Morgan fingerprint density at radius 1 is 1.05 bits per heavy atom. The van der Waals surface area contributed by atoms with Crippen molar-refractivity contribution in [3.63, 3.8) is 0 Å². The van der Waals surface area contributed by atoms with Crippen LogP contribution in [0, 0.1) is 0 Å². The average molecular weight is 272 g/mol. The first-order valence-corrected chi connectivity index (χ1v) is 6.54. The molecule has 0 amide bonds. The summed E-state index contributed by atoms with van der Waals surface area (Å²) in [4.78, 5) is 4.56. The van der Waals surface area contributed by atoms with Crippen LogP contribution in [0.3, 0.4) is 0 Å². The fourth-order valence-corrected chi connectivity index (χ4v) is 2.36. The van der Waals surface area contributed by atoms with Crippen LogP contribution in [-0.4, -0.2) is 9.55 Å². The second-order valence-electron chi connectivity index (χ2n) is 4.43. The van der Waals surface area contributed by atoms with Crippen LogP contribution in [0.4, 0.5) is 0 Å². The molecule has 3 aromatic rings. The number of hydrogen-bond acceptors (Lipinski definition) is 2.